The van der Waals surface area contributed by atoms with Crippen molar-refractivity contribution in [2.45, 2.75) is 33.2 Å². The third kappa shape index (κ3) is 2.79. The van der Waals surface area contributed by atoms with Crippen molar-refractivity contribution >= 4 is 10.9 Å². The molecule has 0 fully saturated rings. The number of fused-ring (bicyclic) bond motifs is 1. The molecule has 0 aliphatic carbocycles. The third-order valence-electron chi connectivity index (χ3n) is 4.43. The van der Waals surface area contributed by atoms with Gasteiger partial charge in [0, 0.05) is 23.1 Å². The fraction of sp³-hybridized carbons (Fsp3) is 0.300. The molecular weight excluding hydrogens is 268 g/mol. The Morgan fingerprint density at radius 1 is 1.00 bits per heavy atom. The van der Waals surface area contributed by atoms with Crippen LogP contribution in [0.25, 0.3) is 10.9 Å². The quantitative estimate of drug-likeness (QED) is 0.751. The molecule has 1 aromatic heterocycles. The number of hydrogen-bond donors (Lipinski definition) is 1. The van der Waals surface area contributed by atoms with E-state index in [4.69, 9.17) is 5.73 Å². The SMILES string of the molecule is Cc1ccc2c(CCCN)c(C)n(Cc3ccccc3)c2c1. The number of aromatic nitrogens is 1. The second-order valence-corrected chi connectivity index (χ2v) is 6.05. The molecule has 0 aliphatic rings. The Morgan fingerprint density at radius 2 is 1.77 bits per heavy atom. The van der Waals surface area contributed by atoms with Gasteiger partial charge >= 0.3 is 0 Å². The molecule has 2 heteroatoms. The summed E-state index contributed by atoms with van der Waals surface area (Å²) in [6.07, 6.45) is 2.10. The maximum atomic E-state index is 5.72. The summed E-state index contributed by atoms with van der Waals surface area (Å²) < 4.78 is 2.45. The lowest BCUT2D eigenvalue weighted by Gasteiger charge is -2.09. The molecule has 0 spiro atoms. The Morgan fingerprint density at radius 3 is 2.50 bits per heavy atom. The van der Waals surface area contributed by atoms with Crippen molar-refractivity contribution in [3.05, 3.63) is 70.9 Å². The van der Waals surface area contributed by atoms with Crippen molar-refractivity contribution in [1.29, 1.82) is 0 Å². The van der Waals surface area contributed by atoms with Crippen LogP contribution < -0.4 is 5.73 Å². The number of nitrogens with zero attached hydrogens (tertiary/aromatic N) is 1. The Labute approximate surface area is 132 Å². The van der Waals surface area contributed by atoms with E-state index in [1.807, 2.05) is 0 Å². The maximum Gasteiger partial charge on any atom is 0.0491 e. The van der Waals surface area contributed by atoms with Gasteiger partial charge in [0.15, 0.2) is 0 Å². The van der Waals surface area contributed by atoms with E-state index in [1.165, 1.54) is 33.3 Å². The second-order valence-electron chi connectivity index (χ2n) is 6.05. The summed E-state index contributed by atoms with van der Waals surface area (Å²) in [5.41, 5.74) is 12.5. The molecule has 0 radical (unpaired) electrons. The van der Waals surface area contributed by atoms with Gasteiger partial charge in [0.1, 0.15) is 0 Å². The van der Waals surface area contributed by atoms with E-state index in [-0.39, 0.29) is 0 Å². The molecular formula is C20H24N2. The molecule has 0 atom stereocenters. The summed E-state index contributed by atoms with van der Waals surface area (Å²) in [5.74, 6) is 0. The van der Waals surface area contributed by atoms with Crippen LogP contribution in [0.3, 0.4) is 0 Å². The van der Waals surface area contributed by atoms with Crippen LogP contribution in [0, 0.1) is 13.8 Å². The molecule has 0 saturated carbocycles. The fourth-order valence-electron chi connectivity index (χ4n) is 3.22. The zero-order valence-corrected chi connectivity index (χ0v) is 13.5. The summed E-state index contributed by atoms with van der Waals surface area (Å²) in [4.78, 5) is 0. The number of nitrogens with two attached hydrogens (primary N) is 1. The molecule has 0 aliphatic heterocycles. The highest BCUT2D eigenvalue weighted by Crippen LogP contribution is 2.28. The van der Waals surface area contributed by atoms with Crippen molar-refractivity contribution in [3.63, 3.8) is 0 Å². The predicted molar refractivity (Wildman–Crippen MR) is 94.3 cm³/mol. The third-order valence-corrected chi connectivity index (χ3v) is 4.43. The van der Waals surface area contributed by atoms with Gasteiger partial charge in [-0.25, -0.2) is 0 Å². The highest BCUT2D eigenvalue weighted by Gasteiger charge is 2.14. The van der Waals surface area contributed by atoms with E-state index < -0.39 is 0 Å². The van der Waals surface area contributed by atoms with E-state index in [2.05, 4.69) is 66.9 Å². The Hall–Kier alpha value is -2.06. The highest BCUT2D eigenvalue weighted by molar-refractivity contribution is 5.86. The Balaban J connectivity index is 2.11. The average molecular weight is 292 g/mol. The van der Waals surface area contributed by atoms with E-state index in [1.54, 1.807) is 0 Å². The molecule has 0 unspecified atom stereocenters. The lowest BCUT2D eigenvalue weighted by Crippen LogP contribution is -2.04. The second kappa shape index (κ2) is 6.37. The summed E-state index contributed by atoms with van der Waals surface area (Å²) >= 11 is 0. The van der Waals surface area contributed by atoms with Gasteiger partial charge in [0.25, 0.3) is 0 Å². The minimum atomic E-state index is 0.747. The predicted octanol–water partition coefficient (Wildman–Crippen LogP) is 4.20. The van der Waals surface area contributed by atoms with Gasteiger partial charge < -0.3 is 10.3 Å². The zero-order valence-electron chi connectivity index (χ0n) is 13.5. The first-order valence-electron chi connectivity index (χ1n) is 8.03. The van der Waals surface area contributed by atoms with Gasteiger partial charge in [-0.1, -0.05) is 42.5 Å². The van der Waals surface area contributed by atoms with E-state index in [9.17, 15) is 0 Å². The molecule has 2 aromatic carbocycles. The topological polar surface area (TPSA) is 30.9 Å². The van der Waals surface area contributed by atoms with Crippen LogP contribution in [-0.2, 0) is 13.0 Å². The van der Waals surface area contributed by atoms with Gasteiger partial charge in [0.05, 0.1) is 0 Å². The number of hydrogen-bond acceptors (Lipinski definition) is 1. The summed E-state index contributed by atoms with van der Waals surface area (Å²) in [7, 11) is 0. The van der Waals surface area contributed by atoms with Gasteiger partial charge in [-0.3, -0.25) is 0 Å². The van der Waals surface area contributed by atoms with Gasteiger partial charge in [0.2, 0.25) is 0 Å². The average Bonchev–Trinajstić information content (AvgIpc) is 2.78. The summed E-state index contributed by atoms with van der Waals surface area (Å²) in [6, 6.07) is 17.5. The molecule has 22 heavy (non-hydrogen) atoms. The fourth-order valence-corrected chi connectivity index (χ4v) is 3.22. The van der Waals surface area contributed by atoms with Crippen molar-refractivity contribution < 1.29 is 0 Å². The standard InChI is InChI=1S/C20H24N2/c1-15-10-11-19-18(9-6-12-21)16(2)22(20(19)13-15)14-17-7-4-3-5-8-17/h3-5,7-8,10-11,13H,6,9,12,14,21H2,1-2H3. The molecule has 2 N–H and O–H groups in total. The lowest BCUT2D eigenvalue weighted by molar-refractivity contribution is 0.777. The largest absolute Gasteiger partial charge is 0.340 e. The number of aryl methyl sites for hydroxylation is 2. The number of rotatable bonds is 5. The Bertz CT molecular complexity index is 769. The van der Waals surface area contributed by atoms with Crippen molar-refractivity contribution in [2.75, 3.05) is 6.54 Å². The van der Waals surface area contributed by atoms with Crippen molar-refractivity contribution in [3.8, 4) is 0 Å². The van der Waals surface area contributed by atoms with Crippen LogP contribution in [0.2, 0.25) is 0 Å². The van der Waals surface area contributed by atoms with Crippen LogP contribution in [0.5, 0.6) is 0 Å². The monoisotopic (exact) mass is 292 g/mol. The van der Waals surface area contributed by atoms with Crippen molar-refractivity contribution in [1.82, 2.24) is 4.57 Å². The van der Waals surface area contributed by atoms with Gasteiger partial charge in [-0.05, 0) is 56.0 Å². The van der Waals surface area contributed by atoms with Crippen molar-refractivity contribution in [2.24, 2.45) is 5.73 Å². The van der Waals surface area contributed by atoms with E-state index >= 15 is 0 Å². The molecule has 1 heterocycles. The van der Waals surface area contributed by atoms with Crippen LogP contribution in [0.15, 0.2) is 48.5 Å². The normalized spacial score (nSPS) is 11.2. The molecule has 114 valence electrons. The van der Waals surface area contributed by atoms with Gasteiger partial charge in [-0.15, -0.1) is 0 Å². The minimum absolute atomic E-state index is 0.747. The number of benzene rings is 2. The molecule has 2 nitrogen and oxygen atoms in total. The first-order valence-corrected chi connectivity index (χ1v) is 8.03. The smallest absolute Gasteiger partial charge is 0.0491 e. The van der Waals surface area contributed by atoms with Crippen LogP contribution in [0.1, 0.15) is 28.8 Å². The summed E-state index contributed by atoms with van der Waals surface area (Å²) in [6.45, 7) is 6.07. The molecule has 0 saturated heterocycles. The lowest BCUT2D eigenvalue weighted by atomic mass is 10.0. The highest BCUT2D eigenvalue weighted by atomic mass is 15.0. The molecule has 0 amide bonds. The van der Waals surface area contributed by atoms with Crippen LogP contribution >= 0.6 is 0 Å². The molecule has 3 rings (SSSR count). The van der Waals surface area contributed by atoms with Crippen LogP contribution in [0.4, 0.5) is 0 Å². The van der Waals surface area contributed by atoms with E-state index in [0.29, 0.717) is 0 Å². The minimum Gasteiger partial charge on any atom is -0.340 e. The molecule has 3 aromatic rings. The maximum absolute atomic E-state index is 5.72. The van der Waals surface area contributed by atoms with E-state index in [0.717, 1.165) is 25.9 Å². The van der Waals surface area contributed by atoms with Crippen LogP contribution in [-0.4, -0.2) is 11.1 Å². The Kier molecular flexibility index (Phi) is 4.30. The molecule has 0 bridgehead atoms. The first kappa shape index (κ1) is 14.9. The zero-order chi connectivity index (χ0) is 15.5. The first-order chi connectivity index (χ1) is 10.7. The van der Waals surface area contributed by atoms with Gasteiger partial charge in [-0.2, -0.15) is 0 Å². The summed E-state index contributed by atoms with van der Waals surface area (Å²) in [5, 5.41) is 1.38.